The second-order valence-corrected chi connectivity index (χ2v) is 6.01. The van der Waals surface area contributed by atoms with Crippen LogP contribution >= 0.6 is 0 Å². The summed E-state index contributed by atoms with van der Waals surface area (Å²) in [5.74, 6) is 0.0459. The summed E-state index contributed by atoms with van der Waals surface area (Å²) in [7, 11) is 1.40. The van der Waals surface area contributed by atoms with E-state index in [2.05, 4.69) is 13.8 Å². The second-order valence-electron chi connectivity index (χ2n) is 6.01. The Hall–Kier alpha value is -1.06. The van der Waals surface area contributed by atoms with Crippen LogP contribution in [0.5, 0.6) is 0 Å². The summed E-state index contributed by atoms with van der Waals surface area (Å²) in [5, 5.41) is 0. The van der Waals surface area contributed by atoms with Crippen molar-refractivity contribution in [1.29, 1.82) is 0 Å². The van der Waals surface area contributed by atoms with Gasteiger partial charge in [-0.25, -0.2) is 0 Å². The lowest BCUT2D eigenvalue weighted by Gasteiger charge is -2.31. The van der Waals surface area contributed by atoms with Crippen molar-refractivity contribution >= 4 is 11.9 Å². The monoisotopic (exact) mass is 269 g/mol. The number of carbonyl (C=O) groups is 2. The molecule has 1 atom stereocenters. The van der Waals surface area contributed by atoms with Gasteiger partial charge in [0.05, 0.1) is 13.0 Å². The Balaban J connectivity index is 2.68. The summed E-state index contributed by atoms with van der Waals surface area (Å²) in [6.45, 7) is 6.42. The molecule has 0 heterocycles. The van der Waals surface area contributed by atoms with Gasteiger partial charge in [-0.3, -0.25) is 9.59 Å². The Kier molecular flexibility index (Phi) is 6.32. The molecule has 0 aliphatic heterocycles. The minimum Gasteiger partial charge on any atom is -0.469 e. The predicted molar refractivity (Wildman–Crippen MR) is 74.6 cm³/mol. The molecule has 0 radical (unpaired) electrons. The third kappa shape index (κ3) is 4.84. The van der Waals surface area contributed by atoms with Gasteiger partial charge < -0.3 is 9.64 Å². The standard InChI is InChI=1S/C15H27NO3/c1-11(2)9-14(17)16(13-7-5-6-8-13)10-12(3)15(18)19-4/h11-13H,5-10H2,1-4H3. The Morgan fingerprint density at radius 2 is 1.79 bits per heavy atom. The maximum absolute atomic E-state index is 12.4. The average Bonchev–Trinajstić information content (AvgIpc) is 2.87. The molecule has 1 amide bonds. The van der Waals surface area contributed by atoms with Gasteiger partial charge in [0.25, 0.3) is 0 Å². The molecule has 110 valence electrons. The van der Waals surface area contributed by atoms with Crippen LogP contribution in [0, 0.1) is 11.8 Å². The van der Waals surface area contributed by atoms with Crippen molar-refractivity contribution in [2.24, 2.45) is 11.8 Å². The Labute approximate surface area is 116 Å². The Morgan fingerprint density at radius 1 is 1.21 bits per heavy atom. The zero-order valence-electron chi connectivity index (χ0n) is 12.6. The van der Waals surface area contributed by atoms with E-state index in [1.54, 1.807) is 0 Å². The summed E-state index contributed by atoms with van der Waals surface area (Å²) in [4.78, 5) is 25.8. The van der Waals surface area contributed by atoms with Gasteiger partial charge in [0.2, 0.25) is 5.91 Å². The molecule has 19 heavy (non-hydrogen) atoms. The van der Waals surface area contributed by atoms with Gasteiger partial charge in [-0.15, -0.1) is 0 Å². The molecule has 1 unspecified atom stereocenters. The lowest BCUT2D eigenvalue weighted by atomic mass is 10.1. The van der Waals surface area contributed by atoms with Crippen LogP contribution in [0.4, 0.5) is 0 Å². The Bertz CT molecular complexity index is 309. The van der Waals surface area contributed by atoms with Crippen LogP contribution in [0.3, 0.4) is 0 Å². The molecule has 1 saturated carbocycles. The smallest absolute Gasteiger partial charge is 0.310 e. The van der Waals surface area contributed by atoms with Crippen molar-refractivity contribution in [2.75, 3.05) is 13.7 Å². The van der Waals surface area contributed by atoms with Crippen molar-refractivity contribution < 1.29 is 14.3 Å². The molecule has 0 aromatic rings. The van der Waals surface area contributed by atoms with E-state index in [9.17, 15) is 9.59 Å². The van der Waals surface area contributed by atoms with E-state index >= 15 is 0 Å². The normalized spacial score (nSPS) is 17.5. The summed E-state index contributed by atoms with van der Waals surface area (Å²) < 4.78 is 4.76. The first-order valence-corrected chi connectivity index (χ1v) is 7.33. The first-order chi connectivity index (χ1) is 8.95. The molecule has 1 rings (SSSR count). The molecule has 0 N–H and O–H groups in total. The summed E-state index contributed by atoms with van der Waals surface area (Å²) in [6, 6.07) is 0.318. The maximum Gasteiger partial charge on any atom is 0.310 e. The largest absolute Gasteiger partial charge is 0.469 e. The number of carbonyl (C=O) groups excluding carboxylic acids is 2. The van der Waals surface area contributed by atoms with Crippen molar-refractivity contribution in [3.05, 3.63) is 0 Å². The van der Waals surface area contributed by atoms with E-state index in [0.29, 0.717) is 24.9 Å². The van der Waals surface area contributed by atoms with Gasteiger partial charge in [-0.1, -0.05) is 33.6 Å². The van der Waals surface area contributed by atoms with E-state index in [0.717, 1.165) is 12.8 Å². The molecule has 1 aliphatic rings. The molecule has 4 nitrogen and oxygen atoms in total. The minimum absolute atomic E-state index is 0.178. The third-order valence-electron chi connectivity index (χ3n) is 3.74. The summed E-state index contributed by atoms with van der Waals surface area (Å²) in [6.07, 6.45) is 5.06. The fourth-order valence-corrected chi connectivity index (χ4v) is 2.71. The van der Waals surface area contributed by atoms with Crippen LogP contribution in [0.25, 0.3) is 0 Å². The highest BCUT2D eigenvalue weighted by molar-refractivity contribution is 5.78. The first-order valence-electron chi connectivity index (χ1n) is 7.33. The highest BCUT2D eigenvalue weighted by Crippen LogP contribution is 2.25. The van der Waals surface area contributed by atoms with Crippen molar-refractivity contribution in [1.82, 2.24) is 4.90 Å². The Morgan fingerprint density at radius 3 is 2.26 bits per heavy atom. The third-order valence-corrected chi connectivity index (χ3v) is 3.74. The van der Waals surface area contributed by atoms with E-state index in [1.807, 2.05) is 11.8 Å². The van der Waals surface area contributed by atoms with Gasteiger partial charge in [0.15, 0.2) is 0 Å². The number of rotatable bonds is 6. The maximum atomic E-state index is 12.4. The quantitative estimate of drug-likeness (QED) is 0.696. The number of nitrogens with zero attached hydrogens (tertiary/aromatic N) is 1. The van der Waals surface area contributed by atoms with Crippen LogP contribution in [-0.4, -0.2) is 36.5 Å². The predicted octanol–water partition coefficient (Wildman–Crippen LogP) is 2.61. The molecule has 0 saturated heterocycles. The number of ether oxygens (including phenoxy) is 1. The molecule has 0 bridgehead atoms. The number of hydrogen-bond acceptors (Lipinski definition) is 3. The summed E-state index contributed by atoms with van der Waals surface area (Å²) in [5.41, 5.74) is 0. The molecule has 1 aliphatic carbocycles. The summed E-state index contributed by atoms with van der Waals surface area (Å²) >= 11 is 0. The van der Waals surface area contributed by atoms with Gasteiger partial charge in [-0.2, -0.15) is 0 Å². The minimum atomic E-state index is -0.248. The molecule has 0 spiro atoms. The fourth-order valence-electron chi connectivity index (χ4n) is 2.71. The zero-order valence-corrected chi connectivity index (χ0v) is 12.6. The van der Waals surface area contributed by atoms with E-state index in [-0.39, 0.29) is 17.8 Å². The van der Waals surface area contributed by atoms with Gasteiger partial charge in [0.1, 0.15) is 0 Å². The van der Waals surface area contributed by atoms with Gasteiger partial charge in [-0.05, 0) is 18.8 Å². The molecule has 0 aromatic carbocycles. The number of amides is 1. The molecule has 4 heteroatoms. The van der Waals surface area contributed by atoms with E-state index < -0.39 is 0 Å². The van der Waals surface area contributed by atoms with Crippen LogP contribution in [0.15, 0.2) is 0 Å². The number of methoxy groups -OCH3 is 1. The number of esters is 1. The zero-order chi connectivity index (χ0) is 14.4. The van der Waals surface area contributed by atoms with Crippen molar-refractivity contribution in [2.45, 2.75) is 58.9 Å². The first kappa shape index (κ1) is 16.0. The molecular formula is C15H27NO3. The van der Waals surface area contributed by atoms with Gasteiger partial charge >= 0.3 is 5.97 Å². The van der Waals surface area contributed by atoms with Gasteiger partial charge in [0, 0.05) is 19.0 Å². The molecular weight excluding hydrogens is 242 g/mol. The van der Waals surface area contributed by atoms with Crippen molar-refractivity contribution in [3.8, 4) is 0 Å². The highest BCUT2D eigenvalue weighted by atomic mass is 16.5. The van der Waals surface area contributed by atoms with E-state index in [4.69, 9.17) is 4.74 Å². The van der Waals surface area contributed by atoms with Crippen LogP contribution < -0.4 is 0 Å². The van der Waals surface area contributed by atoms with Crippen LogP contribution in [0.1, 0.15) is 52.9 Å². The molecule has 0 aromatic heterocycles. The van der Waals surface area contributed by atoms with Crippen LogP contribution in [-0.2, 0) is 14.3 Å². The second kappa shape index (κ2) is 7.51. The SMILES string of the molecule is COC(=O)C(C)CN(C(=O)CC(C)C)C1CCCC1. The number of hydrogen-bond donors (Lipinski definition) is 0. The van der Waals surface area contributed by atoms with Crippen molar-refractivity contribution in [3.63, 3.8) is 0 Å². The highest BCUT2D eigenvalue weighted by Gasteiger charge is 2.29. The average molecular weight is 269 g/mol. The van der Waals surface area contributed by atoms with Crippen LogP contribution in [0.2, 0.25) is 0 Å². The lowest BCUT2D eigenvalue weighted by molar-refractivity contribution is -0.147. The molecule has 1 fully saturated rings. The van der Waals surface area contributed by atoms with E-state index in [1.165, 1.54) is 20.0 Å². The topological polar surface area (TPSA) is 46.6 Å². The fraction of sp³-hybridized carbons (Fsp3) is 0.867. The lowest BCUT2D eigenvalue weighted by Crippen LogP contribution is -2.43.